The fourth-order valence-electron chi connectivity index (χ4n) is 1.39. The summed E-state index contributed by atoms with van der Waals surface area (Å²) in [5.74, 6) is 0. The molecule has 0 aliphatic carbocycles. The van der Waals surface area contributed by atoms with Crippen molar-refractivity contribution in [3.05, 3.63) is 58.3 Å². The molecule has 1 aromatic carbocycles. The van der Waals surface area contributed by atoms with Crippen LogP contribution in [0.5, 0.6) is 0 Å². The summed E-state index contributed by atoms with van der Waals surface area (Å²) in [6.45, 7) is 0. The molecule has 0 unspecified atom stereocenters. The van der Waals surface area contributed by atoms with Gasteiger partial charge in [-0.3, -0.25) is 10.4 Å². The second kappa shape index (κ2) is 4.45. The van der Waals surface area contributed by atoms with E-state index in [9.17, 15) is 0 Å². The van der Waals surface area contributed by atoms with Gasteiger partial charge in [-0.1, -0.05) is 22.0 Å². The summed E-state index contributed by atoms with van der Waals surface area (Å²) in [4.78, 5) is 4.13. The normalized spacial score (nSPS) is 10.1. The molecule has 80 valence electrons. The summed E-state index contributed by atoms with van der Waals surface area (Å²) in [5.41, 5.74) is 8.06. The summed E-state index contributed by atoms with van der Waals surface area (Å²) in [6, 6.07) is 10.9. The fourth-order valence-corrected chi connectivity index (χ4v) is 1.75. The third-order valence-corrected chi connectivity index (χ3v) is 2.70. The van der Waals surface area contributed by atoms with Crippen LogP contribution in [0.15, 0.2) is 47.1 Å². The Morgan fingerprint density at radius 2 is 2.06 bits per heavy atom. The molecule has 0 saturated heterocycles. The van der Waals surface area contributed by atoms with Gasteiger partial charge >= 0.3 is 0 Å². The van der Waals surface area contributed by atoms with Gasteiger partial charge in [0.1, 0.15) is 0 Å². The summed E-state index contributed by atoms with van der Waals surface area (Å²) in [5, 5.41) is 8.04. The van der Waals surface area contributed by atoms with Crippen LogP contribution in [0, 0.1) is 5.41 Å². The van der Waals surface area contributed by atoms with Gasteiger partial charge in [0.2, 0.25) is 0 Å². The third kappa shape index (κ3) is 2.12. The molecule has 0 spiro atoms. The zero-order valence-corrected chi connectivity index (χ0v) is 10.0. The molecule has 4 heteroatoms. The molecule has 0 bridgehead atoms. The number of aromatic nitrogens is 1. The highest BCUT2D eigenvalue weighted by Gasteiger charge is 2.09. The van der Waals surface area contributed by atoms with Gasteiger partial charge in [-0.25, -0.2) is 0 Å². The van der Waals surface area contributed by atoms with Crippen LogP contribution in [0.1, 0.15) is 11.3 Å². The minimum Gasteiger partial charge on any atom is -0.398 e. The second-order valence-electron chi connectivity index (χ2n) is 3.32. The predicted molar refractivity (Wildman–Crippen MR) is 68.7 cm³/mol. The van der Waals surface area contributed by atoms with E-state index in [4.69, 9.17) is 11.1 Å². The molecule has 0 amide bonds. The topological polar surface area (TPSA) is 62.8 Å². The van der Waals surface area contributed by atoms with Crippen LogP contribution in [-0.2, 0) is 0 Å². The maximum Gasteiger partial charge on any atom is 0.0889 e. The average molecular weight is 276 g/mol. The lowest BCUT2D eigenvalue weighted by atomic mass is 10.1. The van der Waals surface area contributed by atoms with E-state index in [1.54, 1.807) is 18.3 Å². The Labute approximate surface area is 102 Å². The predicted octanol–water partition coefficient (Wildman–Crippen LogP) is 2.84. The summed E-state index contributed by atoms with van der Waals surface area (Å²) in [7, 11) is 0. The highest BCUT2D eigenvalue weighted by Crippen LogP contribution is 2.20. The van der Waals surface area contributed by atoms with Gasteiger partial charge in [-0.2, -0.15) is 0 Å². The summed E-state index contributed by atoms with van der Waals surface area (Å²) >= 11 is 3.36. The molecular weight excluding hydrogens is 266 g/mol. The smallest absolute Gasteiger partial charge is 0.0889 e. The fraction of sp³-hybridized carbons (Fsp3) is 0. The molecule has 1 heterocycles. The van der Waals surface area contributed by atoms with Crippen LogP contribution < -0.4 is 5.73 Å². The minimum atomic E-state index is 0.333. The largest absolute Gasteiger partial charge is 0.398 e. The van der Waals surface area contributed by atoms with Crippen LogP contribution >= 0.6 is 15.9 Å². The number of anilines is 1. The molecule has 3 nitrogen and oxygen atoms in total. The number of benzene rings is 1. The number of hydrogen-bond donors (Lipinski definition) is 2. The van der Waals surface area contributed by atoms with Crippen LogP contribution in [0.25, 0.3) is 0 Å². The molecular formula is C12H10BrN3. The maximum absolute atomic E-state index is 8.04. The molecule has 0 atom stereocenters. The molecule has 0 fully saturated rings. The van der Waals surface area contributed by atoms with Gasteiger partial charge in [0.05, 0.1) is 11.4 Å². The molecule has 3 N–H and O–H groups in total. The SMILES string of the molecule is N=C(c1ccccn1)c1cc(Br)ccc1N. The second-order valence-corrected chi connectivity index (χ2v) is 4.24. The van der Waals surface area contributed by atoms with E-state index >= 15 is 0 Å². The molecule has 1 aromatic heterocycles. The van der Waals surface area contributed by atoms with E-state index in [0.717, 1.165) is 4.47 Å². The Hall–Kier alpha value is -1.68. The zero-order valence-electron chi connectivity index (χ0n) is 8.44. The van der Waals surface area contributed by atoms with E-state index in [0.29, 0.717) is 22.7 Å². The van der Waals surface area contributed by atoms with Gasteiger partial charge in [-0.05, 0) is 30.3 Å². The molecule has 0 aliphatic rings. The van der Waals surface area contributed by atoms with Gasteiger partial charge in [0.25, 0.3) is 0 Å². The lowest BCUT2D eigenvalue weighted by Crippen LogP contribution is -2.07. The molecule has 16 heavy (non-hydrogen) atoms. The van der Waals surface area contributed by atoms with Crippen LogP contribution in [0.3, 0.4) is 0 Å². The van der Waals surface area contributed by atoms with Gasteiger partial charge < -0.3 is 5.73 Å². The number of nitrogens with one attached hydrogen (secondary N) is 1. The quantitative estimate of drug-likeness (QED) is 0.654. The van der Waals surface area contributed by atoms with Crippen LogP contribution in [0.2, 0.25) is 0 Å². The van der Waals surface area contributed by atoms with Crippen molar-refractivity contribution >= 4 is 27.3 Å². The zero-order chi connectivity index (χ0) is 11.5. The highest BCUT2D eigenvalue weighted by atomic mass is 79.9. The van der Waals surface area contributed by atoms with E-state index < -0.39 is 0 Å². The maximum atomic E-state index is 8.04. The van der Waals surface area contributed by atoms with Crippen molar-refractivity contribution in [3.63, 3.8) is 0 Å². The highest BCUT2D eigenvalue weighted by molar-refractivity contribution is 9.10. The number of pyridine rings is 1. The van der Waals surface area contributed by atoms with E-state index in [1.165, 1.54) is 0 Å². The van der Waals surface area contributed by atoms with Crippen molar-refractivity contribution < 1.29 is 0 Å². The Bertz CT molecular complexity index is 523. The van der Waals surface area contributed by atoms with Gasteiger partial charge in [0, 0.05) is 21.9 Å². The molecule has 2 aromatic rings. The van der Waals surface area contributed by atoms with Crippen molar-refractivity contribution in [2.75, 3.05) is 5.73 Å². The summed E-state index contributed by atoms with van der Waals surface area (Å²) in [6.07, 6.45) is 1.66. The number of nitrogens with two attached hydrogens (primary N) is 1. The number of hydrogen-bond acceptors (Lipinski definition) is 3. The van der Waals surface area contributed by atoms with Crippen molar-refractivity contribution in [2.45, 2.75) is 0 Å². The lowest BCUT2D eigenvalue weighted by Gasteiger charge is -2.07. The first kappa shape index (κ1) is 10.8. The molecule has 0 saturated carbocycles. The first-order chi connectivity index (χ1) is 7.68. The molecule has 0 radical (unpaired) electrons. The van der Waals surface area contributed by atoms with Crippen LogP contribution in [-0.4, -0.2) is 10.7 Å². The van der Waals surface area contributed by atoms with E-state index in [2.05, 4.69) is 20.9 Å². The Morgan fingerprint density at radius 1 is 1.25 bits per heavy atom. The first-order valence-corrected chi connectivity index (χ1v) is 5.53. The monoisotopic (exact) mass is 275 g/mol. The van der Waals surface area contributed by atoms with Crippen molar-refractivity contribution in [1.82, 2.24) is 4.98 Å². The first-order valence-electron chi connectivity index (χ1n) is 4.74. The molecule has 2 rings (SSSR count). The van der Waals surface area contributed by atoms with Crippen molar-refractivity contribution in [1.29, 1.82) is 5.41 Å². The minimum absolute atomic E-state index is 0.333. The Balaban J connectivity index is 2.46. The van der Waals surface area contributed by atoms with Gasteiger partial charge in [0.15, 0.2) is 0 Å². The number of nitrogen functional groups attached to an aromatic ring is 1. The standard InChI is InChI=1S/C12H10BrN3/c13-8-4-5-10(14)9(7-8)12(15)11-3-1-2-6-16-11/h1-7,15H,14H2. The van der Waals surface area contributed by atoms with E-state index in [-0.39, 0.29) is 0 Å². The molecule has 0 aliphatic heterocycles. The number of rotatable bonds is 2. The van der Waals surface area contributed by atoms with Crippen molar-refractivity contribution in [3.8, 4) is 0 Å². The van der Waals surface area contributed by atoms with E-state index in [1.807, 2.05) is 24.3 Å². The lowest BCUT2D eigenvalue weighted by molar-refractivity contribution is 1.27. The van der Waals surface area contributed by atoms with Crippen LogP contribution in [0.4, 0.5) is 5.69 Å². The average Bonchev–Trinajstić information content (AvgIpc) is 2.32. The Morgan fingerprint density at radius 3 is 2.75 bits per heavy atom. The summed E-state index contributed by atoms with van der Waals surface area (Å²) < 4.78 is 0.900. The van der Waals surface area contributed by atoms with Crippen molar-refractivity contribution in [2.24, 2.45) is 0 Å². The number of nitrogens with zero attached hydrogens (tertiary/aromatic N) is 1. The number of halogens is 1. The third-order valence-electron chi connectivity index (χ3n) is 2.21. The Kier molecular flexibility index (Phi) is 3.01. The van der Waals surface area contributed by atoms with Gasteiger partial charge in [-0.15, -0.1) is 0 Å².